The van der Waals surface area contributed by atoms with Gasteiger partial charge in [-0.1, -0.05) is 54.9 Å². The fourth-order valence-electron chi connectivity index (χ4n) is 4.92. The van der Waals surface area contributed by atoms with Gasteiger partial charge < -0.3 is 18.6 Å². The van der Waals surface area contributed by atoms with Crippen LogP contribution in [0.5, 0.6) is 5.75 Å². The minimum atomic E-state index is -4.10. The van der Waals surface area contributed by atoms with Gasteiger partial charge >= 0.3 is 5.89 Å². The first-order valence-corrected chi connectivity index (χ1v) is 16.6. The first-order chi connectivity index (χ1) is 20.3. The largest absolute Gasteiger partial charge is 0.439 e. The van der Waals surface area contributed by atoms with Gasteiger partial charge in [0.25, 0.3) is 15.6 Å². The predicted molar refractivity (Wildman–Crippen MR) is 168 cm³/mol. The summed E-state index contributed by atoms with van der Waals surface area (Å²) in [4.78, 5) is 2.05. The number of hydrogen-bond donors (Lipinski definition) is 2. The fourth-order valence-corrected chi connectivity index (χ4v) is 5.84. The molecule has 11 heteroatoms. The third kappa shape index (κ3) is 7.19. The zero-order valence-electron chi connectivity index (χ0n) is 23.1. The summed E-state index contributed by atoms with van der Waals surface area (Å²) in [7, 11) is -4.10. The van der Waals surface area contributed by atoms with Crippen LogP contribution in [0.1, 0.15) is 32.1 Å². The number of fused-ring (bicyclic) bond motifs is 2. The van der Waals surface area contributed by atoms with Crippen LogP contribution in [0, 0.1) is 0 Å². The van der Waals surface area contributed by atoms with E-state index in [-0.39, 0.29) is 12.2 Å². The van der Waals surface area contributed by atoms with E-state index in [0.29, 0.717) is 53.4 Å². The quantitative estimate of drug-likeness (QED) is 0.0722. The lowest BCUT2D eigenvalue weighted by Crippen LogP contribution is -2.36. The summed E-state index contributed by atoms with van der Waals surface area (Å²) >= 11 is 7.10. The lowest BCUT2D eigenvalue weighted by molar-refractivity contribution is -0.677. The number of nitrogens with zero attached hydrogens (tertiary/aromatic N) is 2. The molecule has 3 aromatic carbocycles. The van der Waals surface area contributed by atoms with E-state index < -0.39 is 10.1 Å². The average Bonchev–Trinajstić information content (AvgIpc) is 3.49. The Morgan fingerprint density at radius 3 is 2.62 bits per heavy atom. The van der Waals surface area contributed by atoms with Crippen molar-refractivity contribution in [2.45, 2.75) is 32.7 Å². The Bertz CT molecular complexity index is 1740. The van der Waals surface area contributed by atoms with Crippen molar-refractivity contribution in [3.63, 3.8) is 0 Å². The molecule has 0 saturated heterocycles. The summed E-state index contributed by atoms with van der Waals surface area (Å²) in [6.45, 7) is 3.00. The lowest BCUT2D eigenvalue weighted by Gasteiger charge is -2.18. The van der Waals surface area contributed by atoms with Gasteiger partial charge in [-0.2, -0.15) is 13.0 Å². The van der Waals surface area contributed by atoms with Crippen molar-refractivity contribution in [3.8, 4) is 16.9 Å². The molecule has 0 atom stereocenters. The van der Waals surface area contributed by atoms with E-state index in [1.54, 1.807) is 6.07 Å². The van der Waals surface area contributed by atoms with Crippen LogP contribution >= 0.6 is 23.6 Å². The summed E-state index contributed by atoms with van der Waals surface area (Å²) in [6, 6.07) is 21.4. The molecule has 0 amide bonds. The van der Waals surface area contributed by atoms with Crippen LogP contribution in [-0.2, 0) is 16.7 Å². The van der Waals surface area contributed by atoms with Crippen molar-refractivity contribution in [2.24, 2.45) is 0 Å². The van der Waals surface area contributed by atoms with E-state index in [1.165, 1.54) is 0 Å². The van der Waals surface area contributed by atoms with E-state index >= 15 is 0 Å². The molecule has 220 valence electrons. The molecule has 1 aromatic heterocycles. The van der Waals surface area contributed by atoms with Gasteiger partial charge in [-0.15, -0.1) is 0 Å². The van der Waals surface area contributed by atoms with E-state index in [2.05, 4.69) is 0 Å². The Labute approximate surface area is 254 Å². The minimum Gasteiger partial charge on any atom is -0.439 e. The summed E-state index contributed by atoms with van der Waals surface area (Å²) in [5, 5.41) is 0.606. The highest BCUT2D eigenvalue weighted by atomic mass is 35.5. The highest BCUT2D eigenvalue weighted by Gasteiger charge is 2.27. The number of halogens is 1. The second-order valence-corrected chi connectivity index (χ2v) is 12.6. The normalized spacial score (nSPS) is 14.5. The molecule has 0 unspecified atom stereocenters. The van der Waals surface area contributed by atoms with Crippen LogP contribution in [-0.4, -0.2) is 35.6 Å². The standard InChI is InChI=1S/C31H31ClN2O6S2/c1-2-22(18-30-33(14-6-16-41-35)27-21-25(32)11-13-29(27)40-30)19-31-34(15-7-17-42(36,37)38)26-20-24(10-12-28(26)39-31)23-8-4-3-5-9-23/h3-5,8-13,18-21H,2,6-7,14-17H2,1H3,(H-,35,36,37,38)/p+1. The predicted octanol–water partition coefficient (Wildman–Crippen LogP) is 7.45. The summed E-state index contributed by atoms with van der Waals surface area (Å²) in [5.41, 5.74) is 5.34. The van der Waals surface area contributed by atoms with Crippen molar-refractivity contribution in [3.05, 3.63) is 95.2 Å². The van der Waals surface area contributed by atoms with Crippen LogP contribution in [0.15, 0.2) is 88.7 Å². The third-order valence-corrected chi connectivity index (χ3v) is 8.47. The van der Waals surface area contributed by atoms with E-state index in [1.807, 2.05) is 89.2 Å². The molecule has 0 aliphatic carbocycles. The number of rotatable bonds is 12. The number of hydrogen-bond acceptors (Lipinski definition) is 7. The van der Waals surface area contributed by atoms with Crippen LogP contribution in [0.4, 0.5) is 5.69 Å². The molecule has 4 aromatic rings. The zero-order chi connectivity index (χ0) is 29.7. The van der Waals surface area contributed by atoms with Gasteiger partial charge in [-0.3, -0.25) is 4.55 Å². The van der Waals surface area contributed by atoms with Gasteiger partial charge in [0.15, 0.2) is 12.3 Å². The van der Waals surface area contributed by atoms with Crippen molar-refractivity contribution in [2.75, 3.05) is 23.0 Å². The van der Waals surface area contributed by atoms with Gasteiger partial charge in [-0.05, 0) is 65.8 Å². The molecular weight excluding hydrogens is 596 g/mol. The highest BCUT2D eigenvalue weighted by molar-refractivity contribution is 7.93. The van der Waals surface area contributed by atoms with Crippen molar-refractivity contribution < 1.29 is 31.2 Å². The van der Waals surface area contributed by atoms with Gasteiger partial charge in [0.05, 0.1) is 17.5 Å². The van der Waals surface area contributed by atoms with E-state index in [9.17, 15) is 17.5 Å². The first kappa shape index (κ1) is 30.2. The fraction of sp³-hybridized carbons (Fsp3) is 0.258. The summed E-state index contributed by atoms with van der Waals surface area (Å²) in [6.07, 6.45) is 5.52. The number of ether oxygens (including phenoxy) is 1. The van der Waals surface area contributed by atoms with E-state index in [0.717, 1.165) is 46.4 Å². The zero-order valence-corrected chi connectivity index (χ0v) is 25.5. The lowest BCUT2D eigenvalue weighted by atomic mass is 10.1. The Morgan fingerprint density at radius 1 is 1.07 bits per heavy atom. The van der Waals surface area contributed by atoms with Crippen LogP contribution in [0.25, 0.3) is 28.3 Å². The molecule has 2 heterocycles. The molecule has 0 fully saturated rings. The van der Waals surface area contributed by atoms with Crippen molar-refractivity contribution >= 4 is 56.6 Å². The molecule has 0 radical (unpaired) electrons. The van der Waals surface area contributed by atoms with E-state index in [4.69, 9.17) is 20.8 Å². The topological polar surface area (TPSA) is 104 Å². The molecular formula is C31H32ClN2O6S2+. The Hall–Kier alpha value is -3.28. The number of aryl methyl sites for hydroxylation is 1. The maximum Gasteiger partial charge on any atom is 0.374 e. The number of aromatic nitrogens is 1. The van der Waals surface area contributed by atoms with Crippen LogP contribution < -0.4 is 14.2 Å². The van der Waals surface area contributed by atoms with Gasteiger partial charge in [0.1, 0.15) is 0 Å². The van der Waals surface area contributed by atoms with Gasteiger partial charge in [0.2, 0.25) is 11.5 Å². The number of allylic oxidation sites excluding steroid dienone is 2. The SMILES string of the molecule is CCC(=Cc1oc2ccc(-c3ccccc3)cc2[n+]1CCCS(=O)(=O)O)C=C1Oc2ccc(Cl)cc2N1CCCSO. The summed E-state index contributed by atoms with van der Waals surface area (Å²) in [5.74, 6) is 2.14. The minimum absolute atomic E-state index is 0.215. The smallest absolute Gasteiger partial charge is 0.374 e. The van der Waals surface area contributed by atoms with Crippen molar-refractivity contribution in [1.29, 1.82) is 0 Å². The second kappa shape index (κ2) is 13.4. The first-order valence-electron chi connectivity index (χ1n) is 13.7. The molecule has 1 aliphatic rings. The Balaban J connectivity index is 1.54. The van der Waals surface area contributed by atoms with Gasteiger partial charge in [-0.25, -0.2) is 0 Å². The molecule has 5 rings (SSSR count). The molecule has 0 spiro atoms. The third-order valence-electron chi connectivity index (χ3n) is 6.96. The maximum absolute atomic E-state index is 11.5. The maximum atomic E-state index is 11.5. The molecule has 8 nitrogen and oxygen atoms in total. The van der Waals surface area contributed by atoms with Gasteiger partial charge in [0, 0.05) is 35.9 Å². The average molecular weight is 628 g/mol. The molecule has 1 aliphatic heterocycles. The van der Waals surface area contributed by atoms with Crippen LogP contribution in [0.2, 0.25) is 5.02 Å². The molecule has 42 heavy (non-hydrogen) atoms. The number of benzene rings is 3. The van der Waals surface area contributed by atoms with Crippen molar-refractivity contribution in [1.82, 2.24) is 0 Å². The Morgan fingerprint density at radius 2 is 1.88 bits per heavy atom. The summed E-state index contributed by atoms with van der Waals surface area (Å²) < 4.78 is 56.0. The highest BCUT2D eigenvalue weighted by Crippen LogP contribution is 2.41. The molecule has 0 bridgehead atoms. The molecule has 2 N–H and O–H groups in total. The number of anilines is 1. The second-order valence-electron chi connectivity index (χ2n) is 9.89. The Kier molecular flexibility index (Phi) is 9.60. The monoisotopic (exact) mass is 627 g/mol. The molecule has 0 saturated carbocycles. The number of oxazole rings is 1. The van der Waals surface area contributed by atoms with Crippen LogP contribution in [0.3, 0.4) is 0 Å².